The number of rotatable bonds is 4. The average molecular weight is 328 g/mol. The predicted molar refractivity (Wildman–Crippen MR) is 95.6 cm³/mol. The maximum absolute atomic E-state index is 5.99. The van der Waals surface area contributed by atoms with Crippen LogP contribution < -0.4 is 10.5 Å². The van der Waals surface area contributed by atoms with E-state index in [1.165, 1.54) is 0 Å². The van der Waals surface area contributed by atoms with Crippen molar-refractivity contribution in [3.05, 3.63) is 76.8 Å². The lowest BCUT2D eigenvalue weighted by molar-refractivity contribution is 0.306. The fraction of sp³-hybridized carbons (Fsp3) is 0.0556. The van der Waals surface area contributed by atoms with E-state index in [4.69, 9.17) is 34.3 Å². The molecular formula is C18H14ClNOS. The molecule has 0 heterocycles. The highest BCUT2D eigenvalue weighted by Crippen LogP contribution is 2.28. The highest BCUT2D eigenvalue weighted by molar-refractivity contribution is 7.80. The SMILES string of the molecule is NC(=S)c1c(OCc2cccc(Cl)c2)ccc2ccccc12. The smallest absolute Gasteiger partial charge is 0.130 e. The van der Waals surface area contributed by atoms with Gasteiger partial charge in [0.1, 0.15) is 17.3 Å². The summed E-state index contributed by atoms with van der Waals surface area (Å²) in [5.74, 6) is 0.686. The van der Waals surface area contributed by atoms with Gasteiger partial charge in [0.05, 0.1) is 5.56 Å². The Morgan fingerprint density at radius 1 is 1.05 bits per heavy atom. The molecule has 0 saturated carbocycles. The molecule has 22 heavy (non-hydrogen) atoms. The fourth-order valence-corrected chi connectivity index (χ4v) is 2.84. The number of ether oxygens (including phenoxy) is 1. The Balaban J connectivity index is 1.96. The third kappa shape index (κ3) is 3.06. The summed E-state index contributed by atoms with van der Waals surface area (Å²) in [6, 6.07) is 19.5. The molecule has 0 aliphatic carbocycles. The third-order valence-corrected chi connectivity index (χ3v) is 3.86. The summed E-state index contributed by atoms with van der Waals surface area (Å²) in [7, 11) is 0. The minimum Gasteiger partial charge on any atom is -0.488 e. The van der Waals surface area contributed by atoms with Gasteiger partial charge in [0.25, 0.3) is 0 Å². The van der Waals surface area contributed by atoms with Crippen molar-refractivity contribution in [1.29, 1.82) is 0 Å². The Morgan fingerprint density at radius 2 is 1.86 bits per heavy atom. The van der Waals surface area contributed by atoms with Gasteiger partial charge in [0.2, 0.25) is 0 Å². The van der Waals surface area contributed by atoms with E-state index >= 15 is 0 Å². The lowest BCUT2D eigenvalue weighted by atomic mass is 10.0. The Kier molecular flexibility index (Phi) is 4.27. The predicted octanol–water partition coefficient (Wildman–Crippen LogP) is 4.71. The Labute approximate surface area is 139 Å². The lowest BCUT2D eigenvalue weighted by Crippen LogP contribution is -2.12. The van der Waals surface area contributed by atoms with Crippen LogP contribution in [-0.2, 0) is 6.61 Å². The zero-order chi connectivity index (χ0) is 15.5. The molecule has 0 spiro atoms. The van der Waals surface area contributed by atoms with Gasteiger partial charge >= 0.3 is 0 Å². The average Bonchev–Trinajstić information content (AvgIpc) is 2.52. The molecule has 0 bridgehead atoms. The van der Waals surface area contributed by atoms with Gasteiger partial charge in [0.15, 0.2) is 0 Å². The summed E-state index contributed by atoms with van der Waals surface area (Å²) in [5, 5.41) is 2.77. The van der Waals surface area contributed by atoms with E-state index in [1.807, 2.05) is 60.7 Å². The molecule has 0 aromatic heterocycles. The minimum absolute atomic E-state index is 0.331. The van der Waals surface area contributed by atoms with Gasteiger partial charge in [-0.3, -0.25) is 0 Å². The van der Waals surface area contributed by atoms with E-state index in [-0.39, 0.29) is 0 Å². The molecule has 2 nitrogen and oxygen atoms in total. The second-order valence-electron chi connectivity index (χ2n) is 4.94. The van der Waals surface area contributed by atoms with E-state index in [0.717, 1.165) is 21.9 Å². The lowest BCUT2D eigenvalue weighted by Gasteiger charge is -2.13. The van der Waals surface area contributed by atoms with Gasteiger partial charge in [-0.1, -0.05) is 66.3 Å². The van der Waals surface area contributed by atoms with Gasteiger partial charge in [-0.25, -0.2) is 0 Å². The van der Waals surface area contributed by atoms with Gasteiger partial charge in [-0.2, -0.15) is 0 Å². The molecule has 110 valence electrons. The first-order chi connectivity index (χ1) is 10.6. The topological polar surface area (TPSA) is 35.2 Å². The van der Waals surface area contributed by atoms with Gasteiger partial charge < -0.3 is 10.5 Å². The number of halogens is 1. The Morgan fingerprint density at radius 3 is 2.64 bits per heavy atom. The zero-order valence-electron chi connectivity index (χ0n) is 11.8. The maximum atomic E-state index is 5.99. The standard InChI is InChI=1S/C18H14ClNOS/c19-14-6-3-4-12(10-14)11-21-16-9-8-13-5-1-2-7-15(13)17(16)18(20)22/h1-10H,11H2,(H2,20,22). The van der Waals surface area contributed by atoms with E-state index in [0.29, 0.717) is 22.4 Å². The van der Waals surface area contributed by atoms with Crippen LogP contribution in [0.15, 0.2) is 60.7 Å². The fourth-order valence-electron chi connectivity index (χ4n) is 2.41. The summed E-state index contributed by atoms with van der Waals surface area (Å²) < 4.78 is 5.92. The van der Waals surface area contributed by atoms with Crippen LogP contribution in [0.3, 0.4) is 0 Å². The molecule has 2 N–H and O–H groups in total. The van der Waals surface area contributed by atoms with E-state index in [9.17, 15) is 0 Å². The quantitative estimate of drug-likeness (QED) is 0.705. The van der Waals surface area contributed by atoms with Gasteiger partial charge in [-0.15, -0.1) is 0 Å². The summed E-state index contributed by atoms with van der Waals surface area (Å²) in [5.41, 5.74) is 7.67. The van der Waals surface area contributed by atoms with Crippen molar-refractivity contribution < 1.29 is 4.74 Å². The summed E-state index contributed by atoms with van der Waals surface area (Å²) in [4.78, 5) is 0.331. The number of benzene rings is 3. The molecule has 0 atom stereocenters. The summed E-state index contributed by atoms with van der Waals surface area (Å²) >= 11 is 11.2. The first kappa shape index (κ1) is 14.8. The van der Waals surface area contributed by atoms with Crippen molar-refractivity contribution in [2.24, 2.45) is 5.73 Å². The van der Waals surface area contributed by atoms with Crippen LogP contribution in [0.4, 0.5) is 0 Å². The van der Waals surface area contributed by atoms with Crippen LogP contribution in [0, 0.1) is 0 Å². The largest absolute Gasteiger partial charge is 0.488 e. The second kappa shape index (κ2) is 6.34. The molecular weight excluding hydrogens is 314 g/mol. The van der Waals surface area contributed by atoms with E-state index < -0.39 is 0 Å². The Hall–Kier alpha value is -2.10. The van der Waals surface area contributed by atoms with Crippen molar-refractivity contribution >= 4 is 39.6 Å². The van der Waals surface area contributed by atoms with Crippen LogP contribution >= 0.6 is 23.8 Å². The highest BCUT2D eigenvalue weighted by atomic mass is 35.5. The van der Waals surface area contributed by atoms with Crippen LogP contribution in [0.5, 0.6) is 5.75 Å². The van der Waals surface area contributed by atoms with E-state index in [1.54, 1.807) is 0 Å². The molecule has 0 unspecified atom stereocenters. The number of nitrogens with two attached hydrogens (primary N) is 1. The number of thiocarbonyl (C=S) groups is 1. The molecule has 0 radical (unpaired) electrons. The third-order valence-electron chi connectivity index (χ3n) is 3.42. The van der Waals surface area contributed by atoms with Crippen molar-refractivity contribution in [1.82, 2.24) is 0 Å². The monoisotopic (exact) mass is 327 g/mol. The molecule has 3 rings (SSSR count). The molecule has 3 aromatic rings. The van der Waals surface area contributed by atoms with Crippen LogP contribution in [0.1, 0.15) is 11.1 Å². The van der Waals surface area contributed by atoms with Crippen LogP contribution in [0.25, 0.3) is 10.8 Å². The first-order valence-corrected chi connectivity index (χ1v) is 7.62. The molecule has 0 fully saturated rings. The van der Waals surface area contributed by atoms with Crippen molar-refractivity contribution in [2.75, 3.05) is 0 Å². The van der Waals surface area contributed by atoms with Crippen molar-refractivity contribution in [2.45, 2.75) is 6.61 Å². The number of fused-ring (bicyclic) bond motifs is 1. The molecule has 0 saturated heterocycles. The number of hydrogen-bond acceptors (Lipinski definition) is 2. The highest BCUT2D eigenvalue weighted by Gasteiger charge is 2.11. The van der Waals surface area contributed by atoms with Crippen LogP contribution in [0.2, 0.25) is 5.02 Å². The molecule has 0 aliphatic rings. The summed E-state index contributed by atoms with van der Waals surface area (Å²) in [6.45, 7) is 0.411. The van der Waals surface area contributed by atoms with E-state index in [2.05, 4.69) is 0 Å². The Bertz CT molecular complexity index is 847. The van der Waals surface area contributed by atoms with Gasteiger partial charge in [-0.05, 0) is 34.5 Å². The van der Waals surface area contributed by atoms with Crippen molar-refractivity contribution in [3.63, 3.8) is 0 Å². The first-order valence-electron chi connectivity index (χ1n) is 6.84. The normalized spacial score (nSPS) is 10.6. The summed E-state index contributed by atoms with van der Waals surface area (Å²) in [6.07, 6.45) is 0. The minimum atomic E-state index is 0.331. The second-order valence-corrected chi connectivity index (χ2v) is 5.82. The maximum Gasteiger partial charge on any atom is 0.130 e. The van der Waals surface area contributed by atoms with Crippen molar-refractivity contribution in [3.8, 4) is 5.75 Å². The molecule has 0 aliphatic heterocycles. The van der Waals surface area contributed by atoms with Gasteiger partial charge in [0, 0.05) is 5.02 Å². The molecule has 0 amide bonds. The number of hydrogen-bond donors (Lipinski definition) is 1. The van der Waals surface area contributed by atoms with Crippen LogP contribution in [-0.4, -0.2) is 4.99 Å². The zero-order valence-corrected chi connectivity index (χ0v) is 13.3. The molecule has 3 aromatic carbocycles. The molecule has 4 heteroatoms.